The SMILES string of the molecule is COc1ccc(Nc2ncnc(Nc3nc(C)c(C)s3)c2[N+](=O)[O-])cc1. The minimum absolute atomic E-state index is 0.0785. The van der Waals surface area contributed by atoms with Crippen LogP contribution in [0.3, 0.4) is 0 Å². The van der Waals surface area contributed by atoms with Gasteiger partial charge in [-0.2, -0.15) is 0 Å². The number of aromatic nitrogens is 3. The van der Waals surface area contributed by atoms with E-state index in [0.717, 1.165) is 10.6 Å². The van der Waals surface area contributed by atoms with Gasteiger partial charge >= 0.3 is 5.69 Å². The van der Waals surface area contributed by atoms with E-state index in [4.69, 9.17) is 4.74 Å². The lowest BCUT2D eigenvalue weighted by molar-refractivity contribution is -0.383. The molecule has 0 radical (unpaired) electrons. The van der Waals surface area contributed by atoms with Crippen molar-refractivity contribution in [3.63, 3.8) is 0 Å². The summed E-state index contributed by atoms with van der Waals surface area (Å²) < 4.78 is 5.10. The third-order valence-electron chi connectivity index (χ3n) is 3.61. The predicted molar refractivity (Wildman–Crippen MR) is 99.8 cm³/mol. The highest BCUT2D eigenvalue weighted by atomic mass is 32.1. The molecule has 0 aliphatic heterocycles. The quantitative estimate of drug-likeness (QED) is 0.493. The first-order valence-electron chi connectivity index (χ1n) is 7.59. The lowest BCUT2D eigenvalue weighted by Crippen LogP contribution is -2.05. The van der Waals surface area contributed by atoms with Gasteiger partial charge in [0.15, 0.2) is 5.13 Å². The van der Waals surface area contributed by atoms with E-state index >= 15 is 0 Å². The Morgan fingerprint density at radius 1 is 1.12 bits per heavy atom. The van der Waals surface area contributed by atoms with Gasteiger partial charge < -0.3 is 15.4 Å². The summed E-state index contributed by atoms with van der Waals surface area (Å²) in [5.41, 5.74) is 1.25. The average molecular weight is 372 g/mol. The highest BCUT2D eigenvalue weighted by Crippen LogP contribution is 2.34. The molecule has 0 saturated carbocycles. The number of nitrogens with zero attached hydrogens (tertiary/aromatic N) is 4. The number of anilines is 4. The number of nitro groups is 1. The molecule has 1 aromatic carbocycles. The lowest BCUT2D eigenvalue weighted by atomic mass is 10.3. The maximum atomic E-state index is 11.6. The normalized spacial score (nSPS) is 10.4. The second-order valence-corrected chi connectivity index (χ2v) is 6.52. The Hall–Kier alpha value is -3.27. The van der Waals surface area contributed by atoms with E-state index in [2.05, 4.69) is 25.6 Å². The molecule has 0 fully saturated rings. The molecule has 134 valence electrons. The smallest absolute Gasteiger partial charge is 0.353 e. The molecule has 10 heteroatoms. The van der Waals surface area contributed by atoms with Crippen molar-refractivity contribution in [2.45, 2.75) is 13.8 Å². The molecule has 0 aliphatic rings. The third kappa shape index (κ3) is 3.70. The molecule has 0 unspecified atom stereocenters. The summed E-state index contributed by atoms with van der Waals surface area (Å²) in [4.78, 5) is 24.5. The molecule has 0 atom stereocenters. The summed E-state index contributed by atoms with van der Waals surface area (Å²) >= 11 is 1.40. The van der Waals surface area contributed by atoms with E-state index in [-0.39, 0.29) is 17.3 Å². The van der Waals surface area contributed by atoms with Crippen LogP contribution in [0, 0.1) is 24.0 Å². The van der Waals surface area contributed by atoms with Crippen molar-refractivity contribution in [3.8, 4) is 5.75 Å². The number of benzene rings is 1. The van der Waals surface area contributed by atoms with E-state index < -0.39 is 4.92 Å². The van der Waals surface area contributed by atoms with E-state index in [0.29, 0.717) is 16.6 Å². The van der Waals surface area contributed by atoms with Gasteiger partial charge in [-0.1, -0.05) is 0 Å². The van der Waals surface area contributed by atoms with Crippen LogP contribution >= 0.6 is 11.3 Å². The van der Waals surface area contributed by atoms with Crippen molar-refractivity contribution in [2.24, 2.45) is 0 Å². The van der Waals surface area contributed by atoms with Crippen LogP contribution in [0.1, 0.15) is 10.6 Å². The molecule has 26 heavy (non-hydrogen) atoms. The van der Waals surface area contributed by atoms with Crippen LogP contribution in [-0.2, 0) is 0 Å². The van der Waals surface area contributed by atoms with Crippen LogP contribution in [0.2, 0.25) is 0 Å². The molecule has 2 aromatic heterocycles. The van der Waals surface area contributed by atoms with Crippen molar-refractivity contribution >= 4 is 39.5 Å². The van der Waals surface area contributed by atoms with Crippen LogP contribution in [0.15, 0.2) is 30.6 Å². The summed E-state index contributed by atoms with van der Waals surface area (Å²) in [6, 6.07) is 6.97. The zero-order valence-corrected chi connectivity index (χ0v) is 15.1. The molecule has 0 bridgehead atoms. The number of methoxy groups -OCH3 is 1. The second kappa shape index (κ2) is 7.31. The van der Waals surface area contributed by atoms with Crippen LogP contribution in [0.5, 0.6) is 5.75 Å². The molecular formula is C16H16N6O3S. The van der Waals surface area contributed by atoms with Crippen molar-refractivity contribution in [2.75, 3.05) is 17.7 Å². The Balaban J connectivity index is 1.93. The molecule has 2 heterocycles. The van der Waals surface area contributed by atoms with Crippen LogP contribution in [0.4, 0.5) is 28.1 Å². The van der Waals surface area contributed by atoms with Crippen molar-refractivity contribution in [3.05, 3.63) is 51.3 Å². The van der Waals surface area contributed by atoms with Crippen LogP contribution < -0.4 is 15.4 Å². The lowest BCUT2D eigenvalue weighted by Gasteiger charge is -2.09. The van der Waals surface area contributed by atoms with Crippen molar-refractivity contribution in [1.82, 2.24) is 15.0 Å². The molecule has 2 N–H and O–H groups in total. The molecular weight excluding hydrogens is 356 g/mol. The van der Waals surface area contributed by atoms with Crippen molar-refractivity contribution < 1.29 is 9.66 Å². The fraction of sp³-hybridized carbons (Fsp3) is 0.188. The molecule has 9 nitrogen and oxygen atoms in total. The Labute approximate surface area is 153 Å². The minimum Gasteiger partial charge on any atom is -0.497 e. The van der Waals surface area contributed by atoms with Gasteiger partial charge in [0.25, 0.3) is 0 Å². The number of aryl methyl sites for hydroxylation is 2. The first-order chi connectivity index (χ1) is 12.5. The average Bonchev–Trinajstić information content (AvgIpc) is 2.93. The van der Waals surface area contributed by atoms with Gasteiger partial charge in [-0.3, -0.25) is 10.1 Å². The summed E-state index contributed by atoms with van der Waals surface area (Å²) in [5.74, 6) is 0.849. The van der Waals surface area contributed by atoms with Gasteiger partial charge in [0.1, 0.15) is 12.1 Å². The molecule has 0 amide bonds. The van der Waals surface area contributed by atoms with E-state index in [1.165, 1.54) is 17.7 Å². The molecule has 0 spiro atoms. The fourth-order valence-corrected chi connectivity index (χ4v) is 2.99. The van der Waals surface area contributed by atoms with Gasteiger partial charge in [-0.15, -0.1) is 11.3 Å². The van der Waals surface area contributed by atoms with Crippen LogP contribution in [-0.4, -0.2) is 27.0 Å². The summed E-state index contributed by atoms with van der Waals surface area (Å²) in [6.07, 6.45) is 1.26. The van der Waals surface area contributed by atoms with Crippen LogP contribution in [0.25, 0.3) is 0 Å². The van der Waals surface area contributed by atoms with Gasteiger partial charge in [-0.25, -0.2) is 15.0 Å². The maximum Gasteiger partial charge on any atom is 0.353 e. The van der Waals surface area contributed by atoms with Crippen molar-refractivity contribution in [1.29, 1.82) is 0 Å². The van der Waals surface area contributed by atoms with E-state index in [9.17, 15) is 10.1 Å². The Kier molecular flexibility index (Phi) is 4.94. The number of nitrogens with one attached hydrogen (secondary N) is 2. The van der Waals surface area contributed by atoms with Gasteiger partial charge in [0, 0.05) is 10.6 Å². The number of thiazole rings is 1. The zero-order valence-electron chi connectivity index (χ0n) is 14.3. The number of rotatable bonds is 6. The highest BCUT2D eigenvalue weighted by molar-refractivity contribution is 7.15. The largest absolute Gasteiger partial charge is 0.497 e. The fourth-order valence-electron chi connectivity index (χ4n) is 2.17. The van der Waals surface area contributed by atoms with E-state index in [1.54, 1.807) is 31.4 Å². The standard InChI is InChI=1S/C16H16N6O3S/c1-9-10(2)26-16(19-9)21-15-13(22(23)24)14(17-8-18-15)20-11-4-6-12(25-3)7-5-11/h4-8H,1-3H3,(H2,17,18,19,20,21). The zero-order chi connectivity index (χ0) is 18.7. The number of hydrogen-bond acceptors (Lipinski definition) is 9. The van der Waals surface area contributed by atoms with E-state index in [1.807, 2.05) is 13.8 Å². The number of ether oxygens (including phenoxy) is 1. The predicted octanol–water partition coefficient (Wildman–Crippen LogP) is 3.95. The number of hydrogen-bond donors (Lipinski definition) is 2. The third-order valence-corrected chi connectivity index (χ3v) is 4.60. The Morgan fingerprint density at radius 3 is 2.31 bits per heavy atom. The summed E-state index contributed by atoms with van der Waals surface area (Å²) in [6.45, 7) is 3.81. The summed E-state index contributed by atoms with van der Waals surface area (Å²) in [7, 11) is 1.57. The van der Waals surface area contributed by atoms with Gasteiger partial charge in [0.2, 0.25) is 11.6 Å². The molecule has 3 rings (SSSR count). The maximum absolute atomic E-state index is 11.6. The topological polar surface area (TPSA) is 115 Å². The van der Waals surface area contributed by atoms with Gasteiger partial charge in [0.05, 0.1) is 17.7 Å². The molecule has 3 aromatic rings. The van der Waals surface area contributed by atoms with Gasteiger partial charge in [-0.05, 0) is 38.1 Å². The first kappa shape index (κ1) is 17.5. The Bertz CT molecular complexity index is 922. The second-order valence-electron chi connectivity index (χ2n) is 5.32. The monoisotopic (exact) mass is 372 g/mol. The summed E-state index contributed by atoms with van der Waals surface area (Å²) in [5, 5.41) is 18.0. The molecule has 0 saturated heterocycles. The first-order valence-corrected chi connectivity index (χ1v) is 8.41. The minimum atomic E-state index is -0.526. The highest BCUT2D eigenvalue weighted by Gasteiger charge is 2.24. The Morgan fingerprint density at radius 2 is 1.77 bits per heavy atom. The molecule has 0 aliphatic carbocycles.